The summed E-state index contributed by atoms with van der Waals surface area (Å²) >= 11 is 0. The summed E-state index contributed by atoms with van der Waals surface area (Å²) in [5.74, 6) is 0. The highest BCUT2D eigenvalue weighted by molar-refractivity contribution is 5.63. The lowest BCUT2D eigenvalue weighted by Gasteiger charge is -2.22. The number of hydrogen-bond acceptors (Lipinski definition) is 2. The molecule has 0 saturated carbocycles. The Hall–Kier alpha value is -1.09. The van der Waals surface area contributed by atoms with Crippen LogP contribution in [0.25, 0.3) is 5.57 Å². The molecule has 1 fully saturated rings. The van der Waals surface area contributed by atoms with E-state index in [9.17, 15) is 0 Å². The summed E-state index contributed by atoms with van der Waals surface area (Å²) in [6.07, 6.45) is 11.8. The van der Waals surface area contributed by atoms with Crippen molar-refractivity contribution in [2.45, 2.75) is 44.8 Å². The Kier molecular flexibility index (Phi) is 2.79. The fourth-order valence-electron chi connectivity index (χ4n) is 2.51. The molecule has 2 heterocycles. The van der Waals surface area contributed by atoms with E-state index in [1.54, 1.807) is 0 Å². The predicted octanol–water partition coefficient (Wildman–Crippen LogP) is 3.15. The molecule has 0 amide bonds. The van der Waals surface area contributed by atoms with E-state index in [1.165, 1.54) is 37.7 Å². The quantitative estimate of drug-likeness (QED) is 0.762. The second kappa shape index (κ2) is 4.42. The molecule has 1 aromatic rings. The molecular weight excluding hydrogens is 200 g/mol. The molecule has 3 heteroatoms. The van der Waals surface area contributed by atoms with Gasteiger partial charge < -0.3 is 4.74 Å². The molecule has 0 bridgehead atoms. The summed E-state index contributed by atoms with van der Waals surface area (Å²) < 4.78 is 7.71. The lowest BCUT2D eigenvalue weighted by atomic mass is 10.2. The van der Waals surface area contributed by atoms with E-state index in [-0.39, 0.29) is 6.23 Å². The molecule has 1 aliphatic carbocycles. The van der Waals surface area contributed by atoms with E-state index in [2.05, 4.69) is 23.4 Å². The zero-order valence-corrected chi connectivity index (χ0v) is 9.56. The maximum absolute atomic E-state index is 5.72. The van der Waals surface area contributed by atoms with Crippen molar-refractivity contribution in [3.05, 3.63) is 24.0 Å². The zero-order valence-electron chi connectivity index (χ0n) is 9.56. The number of hydrogen-bond donors (Lipinski definition) is 0. The molecule has 1 aromatic heterocycles. The molecule has 86 valence electrons. The fraction of sp³-hybridized carbons (Fsp3) is 0.615. The molecule has 3 rings (SSSR count). The predicted molar refractivity (Wildman–Crippen MR) is 62.9 cm³/mol. The smallest absolute Gasteiger partial charge is 0.150 e. The van der Waals surface area contributed by atoms with Crippen LogP contribution >= 0.6 is 0 Å². The average Bonchev–Trinajstić information content (AvgIpc) is 3.01. The van der Waals surface area contributed by atoms with Crippen LogP contribution in [0.4, 0.5) is 0 Å². The molecular formula is C13H18N2O. The topological polar surface area (TPSA) is 27.1 Å². The molecule has 1 saturated heterocycles. The monoisotopic (exact) mass is 218 g/mol. The summed E-state index contributed by atoms with van der Waals surface area (Å²) in [5.41, 5.74) is 2.56. The van der Waals surface area contributed by atoms with E-state index in [1.807, 2.05) is 4.68 Å². The van der Waals surface area contributed by atoms with Crippen molar-refractivity contribution in [1.82, 2.24) is 9.78 Å². The number of rotatable bonds is 2. The molecule has 1 unspecified atom stereocenters. The molecule has 2 aliphatic rings. The fourth-order valence-corrected chi connectivity index (χ4v) is 2.51. The van der Waals surface area contributed by atoms with Crippen molar-refractivity contribution in [3.8, 4) is 0 Å². The Balaban J connectivity index is 1.76. The highest BCUT2D eigenvalue weighted by atomic mass is 16.5. The Bertz CT molecular complexity index is 388. The van der Waals surface area contributed by atoms with Crippen molar-refractivity contribution >= 4 is 5.57 Å². The largest absolute Gasteiger partial charge is 0.357 e. The van der Waals surface area contributed by atoms with Gasteiger partial charge in [-0.1, -0.05) is 6.08 Å². The van der Waals surface area contributed by atoms with Gasteiger partial charge in [-0.2, -0.15) is 5.10 Å². The third-order valence-electron chi connectivity index (χ3n) is 3.43. The van der Waals surface area contributed by atoms with Gasteiger partial charge >= 0.3 is 0 Å². The van der Waals surface area contributed by atoms with Crippen LogP contribution < -0.4 is 0 Å². The van der Waals surface area contributed by atoms with E-state index in [4.69, 9.17) is 4.74 Å². The van der Waals surface area contributed by atoms with Crippen LogP contribution in [0, 0.1) is 0 Å². The average molecular weight is 218 g/mol. The van der Waals surface area contributed by atoms with Crippen LogP contribution in [0.3, 0.4) is 0 Å². The first-order valence-corrected chi connectivity index (χ1v) is 6.30. The first kappa shape index (κ1) is 10.1. The highest BCUT2D eigenvalue weighted by Gasteiger charge is 2.17. The van der Waals surface area contributed by atoms with Gasteiger partial charge in [0.1, 0.15) is 6.23 Å². The Morgan fingerprint density at radius 3 is 3.06 bits per heavy atom. The number of nitrogens with zero attached hydrogens (tertiary/aromatic N) is 2. The van der Waals surface area contributed by atoms with E-state index < -0.39 is 0 Å². The summed E-state index contributed by atoms with van der Waals surface area (Å²) in [5, 5.41) is 4.64. The highest BCUT2D eigenvalue weighted by Crippen LogP contribution is 2.28. The summed E-state index contributed by atoms with van der Waals surface area (Å²) in [6, 6.07) is 2.12. The van der Waals surface area contributed by atoms with Crippen molar-refractivity contribution in [2.24, 2.45) is 0 Å². The number of allylic oxidation sites excluding steroid dienone is 2. The summed E-state index contributed by atoms with van der Waals surface area (Å²) in [6.45, 7) is 0.878. The minimum atomic E-state index is 0.171. The molecule has 1 aliphatic heterocycles. The van der Waals surface area contributed by atoms with E-state index in [0.29, 0.717) is 0 Å². The molecule has 0 radical (unpaired) electrons. The molecule has 3 nitrogen and oxygen atoms in total. The van der Waals surface area contributed by atoms with Crippen LogP contribution in [-0.4, -0.2) is 16.4 Å². The maximum atomic E-state index is 5.72. The zero-order chi connectivity index (χ0) is 10.8. The first-order valence-electron chi connectivity index (χ1n) is 6.30. The van der Waals surface area contributed by atoms with Crippen LogP contribution in [-0.2, 0) is 4.74 Å². The SMILES string of the molecule is C1=C(c2ccn(C3CCCCO3)n2)CCC1. The number of aromatic nitrogens is 2. The van der Waals surface area contributed by atoms with Crippen LogP contribution in [0.15, 0.2) is 18.3 Å². The van der Waals surface area contributed by atoms with Gasteiger partial charge in [-0.05, 0) is 50.2 Å². The minimum absolute atomic E-state index is 0.171. The van der Waals surface area contributed by atoms with Crippen molar-refractivity contribution in [3.63, 3.8) is 0 Å². The Morgan fingerprint density at radius 2 is 2.31 bits per heavy atom. The molecule has 0 spiro atoms. The maximum Gasteiger partial charge on any atom is 0.150 e. The summed E-state index contributed by atoms with van der Waals surface area (Å²) in [4.78, 5) is 0. The van der Waals surface area contributed by atoms with E-state index >= 15 is 0 Å². The van der Waals surface area contributed by atoms with Gasteiger partial charge in [0.2, 0.25) is 0 Å². The third-order valence-corrected chi connectivity index (χ3v) is 3.43. The van der Waals surface area contributed by atoms with Crippen LogP contribution in [0.5, 0.6) is 0 Å². The lowest BCUT2D eigenvalue weighted by Crippen LogP contribution is -2.18. The van der Waals surface area contributed by atoms with Crippen LogP contribution in [0.1, 0.15) is 50.4 Å². The molecule has 0 aromatic carbocycles. The molecule has 1 atom stereocenters. The van der Waals surface area contributed by atoms with Crippen molar-refractivity contribution in [1.29, 1.82) is 0 Å². The Labute approximate surface area is 96.1 Å². The van der Waals surface area contributed by atoms with Crippen molar-refractivity contribution < 1.29 is 4.74 Å². The standard InChI is InChI=1S/C13H18N2O/c1-2-6-11(5-1)12-8-9-15(14-12)13-7-3-4-10-16-13/h5,8-9,13H,1-4,6-7,10H2. The lowest BCUT2D eigenvalue weighted by molar-refractivity contribution is -0.0395. The van der Waals surface area contributed by atoms with Gasteiger partial charge in [0.15, 0.2) is 0 Å². The van der Waals surface area contributed by atoms with Crippen LogP contribution in [0.2, 0.25) is 0 Å². The van der Waals surface area contributed by atoms with Crippen molar-refractivity contribution in [2.75, 3.05) is 6.61 Å². The summed E-state index contributed by atoms with van der Waals surface area (Å²) in [7, 11) is 0. The second-order valence-corrected chi connectivity index (χ2v) is 4.62. The molecule has 16 heavy (non-hydrogen) atoms. The van der Waals surface area contributed by atoms with Gasteiger partial charge in [0, 0.05) is 12.8 Å². The Morgan fingerprint density at radius 1 is 1.31 bits per heavy atom. The first-order chi connectivity index (χ1) is 7.93. The van der Waals surface area contributed by atoms with Gasteiger partial charge in [-0.3, -0.25) is 0 Å². The minimum Gasteiger partial charge on any atom is -0.357 e. The molecule has 0 N–H and O–H groups in total. The van der Waals surface area contributed by atoms with Gasteiger partial charge in [0.25, 0.3) is 0 Å². The van der Waals surface area contributed by atoms with Gasteiger partial charge in [-0.25, -0.2) is 4.68 Å². The number of ether oxygens (including phenoxy) is 1. The van der Waals surface area contributed by atoms with Gasteiger partial charge in [-0.15, -0.1) is 0 Å². The van der Waals surface area contributed by atoms with Gasteiger partial charge in [0.05, 0.1) is 5.69 Å². The normalized spacial score (nSPS) is 25.8. The third kappa shape index (κ3) is 1.92. The second-order valence-electron chi connectivity index (χ2n) is 4.62. The van der Waals surface area contributed by atoms with E-state index in [0.717, 1.165) is 18.7 Å².